The van der Waals surface area contributed by atoms with E-state index in [2.05, 4.69) is 48.6 Å². The maximum Gasteiger partial charge on any atom is 0.335 e. The highest BCUT2D eigenvalue weighted by molar-refractivity contribution is 5.90. The molecule has 0 bridgehead atoms. The first-order valence-electron chi connectivity index (χ1n) is 12.3. The van der Waals surface area contributed by atoms with Crippen LogP contribution in [0.4, 0.5) is 4.39 Å². The molecule has 0 saturated heterocycles. The van der Waals surface area contributed by atoms with Gasteiger partial charge in [0.05, 0.1) is 5.56 Å². The lowest BCUT2D eigenvalue weighted by molar-refractivity contribution is 0.0695. The van der Waals surface area contributed by atoms with Crippen LogP contribution in [0.3, 0.4) is 0 Å². The quantitative estimate of drug-likeness (QED) is 0.312. The lowest BCUT2D eigenvalue weighted by atomic mass is 9.80. The molecule has 5 rings (SSSR count). The molecule has 2 N–H and O–H groups in total. The van der Waals surface area contributed by atoms with Crippen molar-refractivity contribution in [2.45, 2.75) is 45.3 Å². The summed E-state index contributed by atoms with van der Waals surface area (Å²) in [5.41, 5.74) is 3.52. The molecule has 1 heterocycles. The summed E-state index contributed by atoms with van der Waals surface area (Å²) < 4.78 is 21.9. The van der Waals surface area contributed by atoms with E-state index in [1.807, 2.05) is 30.3 Å². The third kappa shape index (κ3) is 4.35. The lowest BCUT2D eigenvalue weighted by Crippen LogP contribution is -2.37. The maximum absolute atomic E-state index is 15.5. The van der Waals surface area contributed by atoms with Crippen molar-refractivity contribution in [3.05, 3.63) is 112 Å². The zero-order chi connectivity index (χ0) is 25.4. The predicted octanol–water partition coefficient (Wildman–Crippen LogP) is 6.93. The molecule has 0 unspecified atom stereocenters. The fourth-order valence-electron chi connectivity index (χ4n) is 5.48. The average Bonchev–Trinajstić information content (AvgIpc) is 2.89. The monoisotopic (exact) mass is 483 g/mol. The van der Waals surface area contributed by atoms with Crippen LogP contribution in [0, 0.1) is 19.7 Å². The Balaban J connectivity index is 1.45. The number of halogens is 1. The molecule has 5 heteroatoms. The Morgan fingerprint density at radius 1 is 1.08 bits per heavy atom. The molecule has 3 atom stereocenters. The van der Waals surface area contributed by atoms with E-state index in [9.17, 15) is 9.90 Å². The average molecular weight is 484 g/mol. The van der Waals surface area contributed by atoms with Crippen LogP contribution in [0.2, 0.25) is 0 Å². The van der Waals surface area contributed by atoms with Crippen LogP contribution in [0.25, 0.3) is 10.8 Å². The van der Waals surface area contributed by atoms with Crippen LogP contribution >= 0.6 is 0 Å². The SMILES string of the molecule is Cc1cc(C(=O)O)c(C)c([C@H]2C[C@H](CN[C@H](C)c3cccc4ccccc34)Oc3ccccc32)c1F. The number of ether oxygens (including phenoxy) is 1. The summed E-state index contributed by atoms with van der Waals surface area (Å²) in [5, 5.41) is 15.8. The molecule has 0 saturated carbocycles. The van der Waals surface area contributed by atoms with Gasteiger partial charge in [-0.2, -0.15) is 0 Å². The first-order chi connectivity index (χ1) is 17.3. The Morgan fingerprint density at radius 2 is 1.81 bits per heavy atom. The van der Waals surface area contributed by atoms with Crippen molar-refractivity contribution in [2.75, 3.05) is 6.54 Å². The molecular weight excluding hydrogens is 453 g/mol. The second kappa shape index (κ2) is 9.75. The molecule has 0 radical (unpaired) electrons. The largest absolute Gasteiger partial charge is 0.489 e. The summed E-state index contributed by atoms with van der Waals surface area (Å²) in [6.07, 6.45) is 0.349. The molecule has 0 amide bonds. The summed E-state index contributed by atoms with van der Waals surface area (Å²) >= 11 is 0. The van der Waals surface area contributed by atoms with E-state index in [1.54, 1.807) is 13.8 Å². The summed E-state index contributed by atoms with van der Waals surface area (Å²) in [5.74, 6) is -0.961. The van der Waals surface area contributed by atoms with Gasteiger partial charge in [-0.05, 0) is 72.4 Å². The summed E-state index contributed by atoms with van der Waals surface area (Å²) in [7, 11) is 0. The number of carboxylic acids is 1. The third-order valence-electron chi connectivity index (χ3n) is 7.36. The van der Waals surface area contributed by atoms with Gasteiger partial charge in [-0.25, -0.2) is 9.18 Å². The maximum atomic E-state index is 15.5. The van der Waals surface area contributed by atoms with Gasteiger partial charge in [0, 0.05) is 24.1 Å². The number of carboxylic acid groups (broad SMARTS) is 1. The van der Waals surface area contributed by atoms with Gasteiger partial charge in [0.2, 0.25) is 0 Å². The zero-order valence-corrected chi connectivity index (χ0v) is 20.7. The van der Waals surface area contributed by atoms with Crippen LogP contribution in [-0.2, 0) is 0 Å². The fraction of sp³-hybridized carbons (Fsp3) is 0.258. The number of nitrogens with one attached hydrogen (secondary N) is 1. The topological polar surface area (TPSA) is 58.6 Å². The second-order valence-corrected chi connectivity index (χ2v) is 9.66. The molecule has 184 valence electrons. The number of rotatable bonds is 6. The number of hydrogen-bond acceptors (Lipinski definition) is 3. The standard InChI is InChI=1S/C31H30FNO3/c1-18-15-26(31(34)35)19(2)29(30(18)32)27-16-22(36-28-14-7-6-12-25(27)28)17-33-20(3)23-13-8-10-21-9-4-5-11-24(21)23/h4-15,20,22,27,33H,16-17H2,1-3H3,(H,34,35)/t20-,22-,27+/m1/s1. The van der Waals surface area contributed by atoms with Crippen LogP contribution in [-0.4, -0.2) is 23.7 Å². The highest BCUT2D eigenvalue weighted by atomic mass is 19.1. The van der Waals surface area contributed by atoms with E-state index >= 15 is 4.39 Å². The molecule has 0 aromatic heterocycles. The Hall–Kier alpha value is -3.70. The first-order valence-corrected chi connectivity index (χ1v) is 12.3. The number of para-hydroxylation sites is 1. The number of aryl methyl sites for hydroxylation is 1. The lowest BCUT2D eigenvalue weighted by Gasteiger charge is -2.34. The van der Waals surface area contributed by atoms with E-state index < -0.39 is 5.97 Å². The minimum absolute atomic E-state index is 0.0892. The van der Waals surface area contributed by atoms with Gasteiger partial charge in [0.15, 0.2) is 0 Å². The minimum Gasteiger partial charge on any atom is -0.489 e. The van der Waals surface area contributed by atoms with E-state index in [-0.39, 0.29) is 29.4 Å². The Labute approximate surface area is 210 Å². The number of benzene rings is 4. The zero-order valence-electron chi connectivity index (χ0n) is 20.7. The molecule has 4 aromatic carbocycles. The highest BCUT2D eigenvalue weighted by Gasteiger charge is 2.33. The van der Waals surface area contributed by atoms with Gasteiger partial charge in [0.1, 0.15) is 17.7 Å². The van der Waals surface area contributed by atoms with Crippen molar-refractivity contribution in [1.29, 1.82) is 0 Å². The van der Waals surface area contributed by atoms with E-state index in [0.717, 1.165) is 11.3 Å². The summed E-state index contributed by atoms with van der Waals surface area (Å²) in [4.78, 5) is 11.9. The molecular formula is C31H30FNO3. The van der Waals surface area contributed by atoms with E-state index in [0.29, 0.717) is 29.7 Å². The molecule has 0 aliphatic carbocycles. The van der Waals surface area contributed by atoms with Gasteiger partial charge < -0.3 is 15.2 Å². The number of fused-ring (bicyclic) bond motifs is 2. The molecule has 36 heavy (non-hydrogen) atoms. The molecule has 0 spiro atoms. The minimum atomic E-state index is -1.04. The van der Waals surface area contributed by atoms with Crippen molar-refractivity contribution in [3.8, 4) is 5.75 Å². The van der Waals surface area contributed by atoms with Crippen molar-refractivity contribution >= 4 is 16.7 Å². The van der Waals surface area contributed by atoms with Gasteiger partial charge >= 0.3 is 5.97 Å². The smallest absolute Gasteiger partial charge is 0.335 e. The third-order valence-corrected chi connectivity index (χ3v) is 7.36. The van der Waals surface area contributed by atoms with Gasteiger partial charge in [-0.15, -0.1) is 0 Å². The fourth-order valence-corrected chi connectivity index (χ4v) is 5.48. The summed E-state index contributed by atoms with van der Waals surface area (Å²) in [6.45, 7) is 6.04. The van der Waals surface area contributed by atoms with Crippen molar-refractivity contribution in [1.82, 2.24) is 5.32 Å². The first kappa shape index (κ1) is 24.0. The van der Waals surface area contributed by atoms with Gasteiger partial charge in [0.25, 0.3) is 0 Å². The molecule has 4 aromatic rings. The van der Waals surface area contributed by atoms with E-state index in [1.165, 1.54) is 22.4 Å². The Morgan fingerprint density at radius 3 is 2.61 bits per heavy atom. The normalized spacial score (nSPS) is 17.9. The van der Waals surface area contributed by atoms with Crippen LogP contribution in [0.15, 0.2) is 72.8 Å². The number of hydrogen-bond donors (Lipinski definition) is 2. The van der Waals surface area contributed by atoms with Crippen LogP contribution in [0.5, 0.6) is 5.75 Å². The molecule has 1 aliphatic rings. The van der Waals surface area contributed by atoms with Crippen molar-refractivity contribution in [3.63, 3.8) is 0 Å². The van der Waals surface area contributed by atoms with Crippen molar-refractivity contribution in [2.24, 2.45) is 0 Å². The Kier molecular flexibility index (Phi) is 6.50. The second-order valence-electron chi connectivity index (χ2n) is 9.66. The van der Waals surface area contributed by atoms with Crippen LogP contribution in [0.1, 0.15) is 63.5 Å². The molecule has 0 fully saturated rings. The number of carbonyl (C=O) groups is 1. The Bertz CT molecular complexity index is 1440. The highest BCUT2D eigenvalue weighted by Crippen LogP contribution is 2.43. The van der Waals surface area contributed by atoms with Gasteiger partial charge in [-0.3, -0.25) is 0 Å². The summed E-state index contributed by atoms with van der Waals surface area (Å²) in [6, 6.07) is 23.9. The van der Waals surface area contributed by atoms with Crippen LogP contribution < -0.4 is 10.1 Å². The van der Waals surface area contributed by atoms with Gasteiger partial charge in [-0.1, -0.05) is 60.7 Å². The predicted molar refractivity (Wildman–Crippen MR) is 141 cm³/mol. The molecule has 4 nitrogen and oxygen atoms in total. The molecule has 1 aliphatic heterocycles. The van der Waals surface area contributed by atoms with Crippen molar-refractivity contribution < 1.29 is 19.0 Å². The number of aromatic carboxylic acids is 1. The van der Waals surface area contributed by atoms with E-state index in [4.69, 9.17) is 4.74 Å².